The van der Waals surface area contributed by atoms with Gasteiger partial charge in [0, 0.05) is 23.3 Å². The number of anilines is 3. The summed E-state index contributed by atoms with van der Waals surface area (Å²) in [7, 11) is 0. The molecule has 1 aromatic heterocycles. The van der Waals surface area contributed by atoms with Crippen LogP contribution in [0.15, 0.2) is 42.5 Å². The summed E-state index contributed by atoms with van der Waals surface area (Å²) in [4.78, 5) is 29.6. The average molecular weight is 488 g/mol. The maximum absolute atomic E-state index is 14.1. The minimum absolute atomic E-state index is 0.00852. The molecule has 0 spiro atoms. The number of ketones is 1. The van der Waals surface area contributed by atoms with Gasteiger partial charge in [0.05, 0.1) is 10.6 Å². The number of benzene rings is 2. The number of carbonyl (C=O) groups excluding carboxylic acids is 2. The van der Waals surface area contributed by atoms with Gasteiger partial charge in [-0.3, -0.25) is 9.59 Å². The zero-order valence-corrected chi connectivity index (χ0v) is 19.4. The van der Waals surface area contributed by atoms with E-state index in [1.165, 1.54) is 12.1 Å². The monoisotopic (exact) mass is 487 g/mol. The largest absolute Gasteiger partial charge is 0.382 e. The van der Waals surface area contributed by atoms with Crippen LogP contribution >= 0.6 is 22.9 Å². The van der Waals surface area contributed by atoms with Crippen LogP contribution in [-0.2, 0) is 0 Å². The lowest BCUT2D eigenvalue weighted by Gasteiger charge is -2.20. The molecule has 2 atom stereocenters. The van der Waals surface area contributed by atoms with E-state index in [9.17, 15) is 14.0 Å². The molecule has 10 heteroatoms. The Morgan fingerprint density at radius 2 is 2.03 bits per heavy atom. The second kappa shape index (κ2) is 9.86. The Kier molecular flexibility index (Phi) is 6.92. The van der Waals surface area contributed by atoms with Crippen LogP contribution in [0.4, 0.5) is 21.0 Å². The summed E-state index contributed by atoms with van der Waals surface area (Å²) in [5.74, 6) is -1.51. The number of nitrogens with zero attached hydrogens (tertiary/aromatic N) is 1. The van der Waals surface area contributed by atoms with Gasteiger partial charge < -0.3 is 21.7 Å². The number of rotatable bonds is 7. The number of carbonyl (C=O) groups is 2. The molecule has 2 heterocycles. The minimum atomic E-state index is -0.721. The second-order valence-corrected chi connectivity index (χ2v) is 9.23. The Balaban J connectivity index is 1.43. The molecule has 1 amide bonds. The van der Waals surface area contributed by atoms with E-state index in [1.807, 2.05) is 6.92 Å². The third-order valence-electron chi connectivity index (χ3n) is 5.51. The molecular formula is C23H23ClFN5O2S. The van der Waals surface area contributed by atoms with Gasteiger partial charge in [-0.05, 0) is 62.7 Å². The van der Waals surface area contributed by atoms with Crippen molar-refractivity contribution in [2.75, 3.05) is 17.6 Å². The number of amides is 1. The highest BCUT2D eigenvalue weighted by atomic mass is 35.5. The first-order valence-electron chi connectivity index (χ1n) is 10.5. The Labute approximate surface area is 199 Å². The third-order valence-corrected chi connectivity index (χ3v) is 6.81. The van der Waals surface area contributed by atoms with Crippen molar-refractivity contribution in [3.8, 4) is 0 Å². The van der Waals surface area contributed by atoms with Gasteiger partial charge in [0.2, 0.25) is 5.78 Å². The van der Waals surface area contributed by atoms with Gasteiger partial charge in [0.25, 0.3) is 5.91 Å². The normalized spacial score (nSPS) is 16.4. The van der Waals surface area contributed by atoms with Gasteiger partial charge in [-0.1, -0.05) is 29.0 Å². The molecule has 1 aliphatic rings. The summed E-state index contributed by atoms with van der Waals surface area (Å²) in [5, 5.41) is 9.85. The third kappa shape index (κ3) is 5.16. The molecule has 1 fully saturated rings. The van der Waals surface area contributed by atoms with Gasteiger partial charge in [-0.2, -0.15) is 0 Å². The maximum Gasteiger partial charge on any atom is 0.251 e. The van der Waals surface area contributed by atoms with Crippen molar-refractivity contribution in [2.45, 2.75) is 31.8 Å². The molecule has 5 N–H and O–H groups in total. The van der Waals surface area contributed by atoms with Crippen LogP contribution < -0.4 is 21.7 Å². The Morgan fingerprint density at radius 3 is 2.70 bits per heavy atom. The predicted molar refractivity (Wildman–Crippen MR) is 129 cm³/mol. The van der Waals surface area contributed by atoms with E-state index in [0.717, 1.165) is 36.8 Å². The fourth-order valence-electron chi connectivity index (χ4n) is 3.73. The molecule has 172 valence electrons. The topological polar surface area (TPSA) is 109 Å². The average Bonchev–Trinajstić information content (AvgIpc) is 3.44. The van der Waals surface area contributed by atoms with E-state index < -0.39 is 11.6 Å². The molecule has 1 unspecified atom stereocenters. The summed E-state index contributed by atoms with van der Waals surface area (Å²) in [6, 6.07) is 11.2. The van der Waals surface area contributed by atoms with Crippen LogP contribution in [0.25, 0.3) is 0 Å². The zero-order valence-electron chi connectivity index (χ0n) is 17.8. The summed E-state index contributed by atoms with van der Waals surface area (Å²) in [5.41, 5.74) is 6.87. The van der Waals surface area contributed by atoms with Crippen LogP contribution in [0, 0.1) is 5.82 Å². The highest BCUT2D eigenvalue weighted by Gasteiger charge is 2.24. The molecule has 0 radical (unpaired) electrons. The van der Waals surface area contributed by atoms with E-state index in [0.29, 0.717) is 22.4 Å². The van der Waals surface area contributed by atoms with Gasteiger partial charge in [-0.25, -0.2) is 9.37 Å². The van der Waals surface area contributed by atoms with Gasteiger partial charge in [0.15, 0.2) is 5.13 Å². The molecule has 1 aliphatic heterocycles. The molecule has 7 nitrogen and oxygen atoms in total. The van der Waals surface area contributed by atoms with E-state index in [2.05, 4.69) is 20.9 Å². The standard InChI is InChI=1S/C23H23ClFN5O2S/c1-12(17-6-3-11-27-17)28-22(32)13-7-9-14(10-8-13)29-23-30-21(26)20(33-23)19(31)18-15(24)4-2-5-16(18)25/h2,4-5,7-10,12,17,27H,3,6,11,26H2,1H3,(H,28,32)(H,29,30)/t12?,17-/m0/s1. The van der Waals surface area contributed by atoms with Crippen LogP contribution in [0.2, 0.25) is 5.02 Å². The van der Waals surface area contributed by atoms with E-state index in [4.69, 9.17) is 17.3 Å². The zero-order chi connectivity index (χ0) is 23.5. The molecule has 3 aromatic rings. The number of aromatic nitrogens is 1. The lowest BCUT2D eigenvalue weighted by molar-refractivity contribution is 0.0932. The number of nitrogen functional groups attached to an aromatic ring is 1. The first-order chi connectivity index (χ1) is 15.8. The molecule has 0 saturated carbocycles. The second-order valence-electron chi connectivity index (χ2n) is 7.83. The maximum atomic E-state index is 14.1. The van der Waals surface area contributed by atoms with Crippen LogP contribution in [0.5, 0.6) is 0 Å². The van der Waals surface area contributed by atoms with Gasteiger partial charge >= 0.3 is 0 Å². The lowest BCUT2D eigenvalue weighted by atomic mass is 10.1. The summed E-state index contributed by atoms with van der Waals surface area (Å²) < 4.78 is 14.1. The molecule has 0 aliphatic carbocycles. The number of nitrogens with one attached hydrogen (secondary N) is 3. The van der Waals surface area contributed by atoms with Crippen molar-refractivity contribution >= 4 is 51.3 Å². The first-order valence-corrected chi connectivity index (χ1v) is 11.7. The fourth-order valence-corrected chi connectivity index (χ4v) is 4.83. The molecule has 2 aromatic carbocycles. The van der Waals surface area contributed by atoms with Crippen molar-refractivity contribution in [3.63, 3.8) is 0 Å². The van der Waals surface area contributed by atoms with Crippen LogP contribution in [0.3, 0.4) is 0 Å². The predicted octanol–water partition coefficient (Wildman–Crippen LogP) is 4.36. The number of hydrogen-bond donors (Lipinski definition) is 4. The van der Waals surface area contributed by atoms with Crippen LogP contribution in [0.1, 0.15) is 45.4 Å². The Morgan fingerprint density at radius 1 is 1.27 bits per heavy atom. The van der Waals surface area contributed by atoms with E-state index in [-0.39, 0.29) is 33.2 Å². The molecular weight excluding hydrogens is 465 g/mol. The Bertz CT molecular complexity index is 1160. The number of nitrogens with two attached hydrogens (primary N) is 1. The highest BCUT2D eigenvalue weighted by Crippen LogP contribution is 2.32. The van der Waals surface area contributed by atoms with Crippen molar-refractivity contribution in [3.05, 3.63) is 69.3 Å². The SMILES string of the molecule is CC(NC(=O)c1ccc(Nc2nc(N)c(C(=O)c3c(F)cccc3Cl)s2)cc1)[C@@H]1CCCN1. The first kappa shape index (κ1) is 23.2. The Hall–Kier alpha value is -3.01. The van der Waals surface area contributed by atoms with Crippen molar-refractivity contribution in [1.29, 1.82) is 0 Å². The number of halogens is 2. The highest BCUT2D eigenvalue weighted by molar-refractivity contribution is 7.18. The summed E-state index contributed by atoms with van der Waals surface area (Å²) in [6.07, 6.45) is 2.17. The van der Waals surface area contributed by atoms with Gasteiger partial charge in [-0.15, -0.1) is 0 Å². The van der Waals surface area contributed by atoms with E-state index in [1.54, 1.807) is 24.3 Å². The number of thiazole rings is 1. The number of hydrogen-bond acceptors (Lipinski definition) is 7. The lowest BCUT2D eigenvalue weighted by Crippen LogP contribution is -2.45. The van der Waals surface area contributed by atoms with E-state index >= 15 is 0 Å². The molecule has 4 rings (SSSR count). The smallest absolute Gasteiger partial charge is 0.251 e. The van der Waals surface area contributed by atoms with Crippen molar-refractivity contribution in [1.82, 2.24) is 15.6 Å². The fraction of sp³-hybridized carbons (Fsp3) is 0.261. The van der Waals surface area contributed by atoms with Crippen molar-refractivity contribution < 1.29 is 14.0 Å². The molecule has 33 heavy (non-hydrogen) atoms. The van der Waals surface area contributed by atoms with Crippen LogP contribution in [-0.4, -0.2) is 35.3 Å². The van der Waals surface area contributed by atoms with Gasteiger partial charge in [0.1, 0.15) is 16.5 Å². The van der Waals surface area contributed by atoms with Crippen molar-refractivity contribution in [2.24, 2.45) is 0 Å². The minimum Gasteiger partial charge on any atom is -0.382 e. The summed E-state index contributed by atoms with van der Waals surface area (Å²) >= 11 is 7.00. The quantitative estimate of drug-likeness (QED) is 0.369. The molecule has 1 saturated heterocycles. The summed E-state index contributed by atoms with van der Waals surface area (Å²) in [6.45, 7) is 2.98. The molecule has 0 bridgehead atoms.